The van der Waals surface area contributed by atoms with Crippen LogP contribution < -0.4 is 0 Å². The lowest BCUT2D eigenvalue weighted by molar-refractivity contribution is -0.384. The molecule has 20 heavy (non-hydrogen) atoms. The van der Waals surface area contributed by atoms with Crippen LogP contribution in [-0.2, 0) is 0 Å². The number of nitrogens with zero attached hydrogens (tertiary/aromatic N) is 2. The van der Waals surface area contributed by atoms with E-state index in [-0.39, 0.29) is 5.69 Å². The van der Waals surface area contributed by atoms with Crippen LogP contribution in [0, 0.1) is 10.1 Å². The summed E-state index contributed by atoms with van der Waals surface area (Å²) in [6.07, 6.45) is 1.77. The second-order valence-electron chi connectivity index (χ2n) is 3.85. The largest absolute Gasteiger partial charge is 0.269 e. The molecule has 5 heteroatoms. The van der Waals surface area contributed by atoms with Gasteiger partial charge >= 0.3 is 0 Å². The molecule has 0 saturated heterocycles. The molecule has 0 radical (unpaired) electrons. The molecule has 3 rings (SSSR count). The number of hydrogen-bond acceptors (Lipinski definition) is 4. The molecule has 4 nitrogen and oxygen atoms in total. The van der Waals surface area contributed by atoms with Crippen LogP contribution in [0.2, 0.25) is 0 Å². The number of thiazole rings is 1. The standard InChI is InChI=1S/C12H9NO2.C3H3NS/c14-13(15)12-8-6-11(7-9-12)10-4-2-1-3-5-10;1-2-5-3-4-1/h1-9H;1-3H. The molecule has 1 heterocycles. The Morgan fingerprint density at radius 1 is 0.950 bits per heavy atom. The van der Waals surface area contributed by atoms with Gasteiger partial charge in [0, 0.05) is 23.7 Å². The molecule has 0 saturated carbocycles. The maximum Gasteiger partial charge on any atom is 0.269 e. The minimum Gasteiger partial charge on any atom is -0.258 e. The normalized spacial score (nSPS) is 9.40. The zero-order chi connectivity index (χ0) is 14.2. The van der Waals surface area contributed by atoms with Crippen molar-refractivity contribution >= 4 is 17.0 Å². The molecular weight excluding hydrogens is 272 g/mol. The van der Waals surface area contributed by atoms with Crippen molar-refractivity contribution in [3.63, 3.8) is 0 Å². The number of aromatic nitrogens is 1. The lowest BCUT2D eigenvalue weighted by atomic mass is 10.1. The average molecular weight is 284 g/mol. The summed E-state index contributed by atoms with van der Waals surface area (Å²) in [7, 11) is 0. The van der Waals surface area contributed by atoms with Gasteiger partial charge in [0.05, 0.1) is 10.4 Å². The molecule has 0 fully saturated rings. The summed E-state index contributed by atoms with van der Waals surface area (Å²) < 4.78 is 0. The van der Waals surface area contributed by atoms with Crippen LogP contribution >= 0.6 is 11.3 Å². The van der Waals surface area contributed by atoms with E-state index in [4.69, 9.17) is 0 Å². The van der Waals surface area contributed by atoms with Crippen LogP contribution in [0.1, 0.15) is 0 Å². The smallest absolute Gasteiger partial charge is 0.258 e. The first kappa shape index (κ1) is 13.9. The van der Waals surface area contributed by atoms with Gasteiger partial charge in [-0.1, -0.05) is 30.3 Å². The lowest BCUT2D eigenvalue weighted by Gasteiger charge is -1.99. The molecule has 1 aromatic heterocycles. The van der Waals surface area contributed by atoms with E-state index in [1.165, 1.54) is 12.1 Å². The minimum absolute atomic E-state index is 0.120. The number of rotatable bonds is 2. The number of nitro benzene ring substituents is 1. The Hall–Kier alpha value is -2.53. The Labute approximate surface area is 120 Å². The SMILES string of the molecule is O=[N+]([O-])c1ccc(-c2ccccc2)cc1.c1cscn1. The Morgan fingerprint density at radius 3 is 2.05 bits per heavy atom. The van der Waals surface area contributed by atoms with E-state index >= 15 is 0 Å². The average Bonchev–Trinajstić information content (AvgIpc) is 3.08. The fourth-order valence-electron chi connectivity index (χ4n) is 1.58. The Kier molecular flexibility index (Phi) is 4.97. The van der Waals surface area contributed by atoms with Crippen LogP contribution in [0.4, 0.5) is 5.69 Å². The number of benzene rings is 2. The molecular formula is C15H12N2O2S. The fraction of sp³-hybridized carbons (Fsp3) is 0. The van der Waals surface area contributed by atoms with E-state index in [0.717, 1.165) is 11.1 Å². The van der Waals surface area contributed by atoms with Crippen molar-refractivity contribution in [2.45, 2.75) is 0 Å². The third kappa shape index (κ3) is 4.00. The first-order valence-electron chi connectivity index (χ1n) is 5.89. The first-order chi connectivity index (χ1) is 9.77. The molecule has 0 N–H and O–H groups in total. The van der Waals surface area contributed by atoms with Crippen molar-refractivity contribution in [1.82, 2.24) is 4.98 Å². The van der Waals surface area contributed by atoms with Crippen LogP contribution in [0.3, 0.4) is 0 Å². The highest BCUT2D eigenvalue weighted by Gasteiger charge is 2.04. The molecule has 3 aromatic rings. The molecule has 0 atom stereocenters. The van der Waals surface area contributed by atoms with Gasteiger partial charge in [0.2, 0.25) is 0 Å². The van der Waals surface area contributed by atoms with Gasteiger partial charge in [-0.05, 0) is 23.3 Å². The molecule has 0 amide bonds. The second-order valence-corrected chi connectivity index (χ2v) is 4.60. The molecule has 0 unspecified atom stereocenters. The van der Waals surface area contributed by atoms with Crippen molar-refractivity contribution in [1.29, 1.82) is 0 Å². The van der Waals surface area contributed by atoms with Gasteiger partial charge in [0.15, 0.2) is 0 Å². The summed E-state index contributed by atoms with van der Waals surface area (Å²) in [6.45, 7) is 0. The summed E-state index contributed by atoms with van der Waals surface area (Å²) >= 11 is 1.60. The quantitative estimate of drug-likeness (QED) is 0.517. The van der Waals surface area contributed by atoms with Gasteiger partial charge < -0.3 is 0 Å². The van der Waals surface area contributed by atoms with E-state index in [1.807, 2.05) is 35.7 Å². The van der Waals surface area contributed by atoms with E-state index in [9.17, 15) is 10.1 Å². The van der Waals surface area contributed by atoms with E-state index < -0.39 is 4.92 Å². The van der Waals surface area contributed by atoms with E-state index in [0.29, 0.717) is 0 Å². The molecule has 0 aliphatic heterocycles. The Morgan fingerprint density at radius 2 is 1.60 bits per heavy atom. The summed E-state index contributed by atoms with van der Waals surface area (Å²) in [4.78, 5) is 13.8. The van der Waals surface area contributed by atoms with Crippen molar-refractivity contribution in [2.75, 3.05) is 0 Å². The third-order valence-electron chi connectivity index (χ3n) is 2.53. The van der Waals surface area contributed by atoms with Crippen LogP contribution in [0.25, 0.3) is 11.1 Å². The maximum absolute atomic E-state index is 10.5. The monoisotopic (exact) mass is 284 g/mol. The van der Waals surface area contributed by atoms with Crippen LogP contribution in [0.5, 0.6) is 0 Å². The molecule has 0 aliphatic carbocycles. The molecule has 0 bridgehead atoms. The van der Waals surface area contributed by atoms with Crippen molar-refractivity contribution in [3.8, 4) is 11.1 Å². The van der Waals surface area contributed by atoms with Gasteiger partial charge in [-0.15, -0.1) is 11.3 Å². The number of hydrogen-bond donors (Lipinski definition) is 0. The maximum atomic E-state index is 10.5. The number of nitro groups is 1. The van der Waals surface area contributed by atoms with Crippen molar-refractivity contribution in [3.05, 3.63) is 81.8 Å². The molecule has 0 spiro atoms. The van der Waals surface area contributed by atoms with Gasteiger partial charge in [0.1, 0.15) is 0 Å². The Balaban J connectivity index is 0.000000247. The van der Waals surface area contributed by atoms with Crippen molar-refractivity contribution in [2.24, 2.45) is 0 Å². The highest BCUT2D eigenvalue weighted by molar-refractivity contribution is 7.07. The zero-order valence-corrected chi connectivity index (χ0v) is 11.4. The Bertz CT molecular complexity index is 620. The third-order valence-corrected chi connectivity index (χ3v) is 3.05. The van der Waals surface area contributed by atoms with Crippen LogP contribution in [0.15, 0.2) is 71.7 Å². The van der Waals surface area contributed by atoms with E-state index in [1.54, 1.807) is 35.2 Å². The highest BCUT2D eigenvalue weighted by Crippen LogP contribution is 2.21. The molecule has 2 aromatic carbocycles. The van der Waals surface area contributed by atoms with E-state index in [2.05, 4.69) is 4.98 Å². The predicted octanol–water partition coefficient (Wildman–Crippen LogP) is 4.40. The molecule has 100 valence electrons. The summed E-state index contributed by atoms with van der Waals surface area (Å²) in [5, 5.41) is 12.4. The lowest BCUT2D eigenvalue weighted by Crippen LogP contribution is -1.86. The second kappa shape index (κ2) is 7.16. The minimum atomic E-state index is -0.394. The topological polar surface area (TPSA) is 56.0 Å². The van der Waals surface area contributed by atoms with Gasteiger partial charge in [-0.3, -0.25) is 15.1 Å². The number of non-ortho nitro benzene ring substituents is 1. The molecule has 0 aliphatic rings. The van der Waals surface area contributed by atoms with Crippen molar-refractivity contribution < 1.29 is 4.92 Å². The fourth-order valence-corrected chi connectivity index (χ4v) is 1.93. The van der Waals surface area contributed by atoms with Gasteiger partial charge in [0.25, 0.3) is 5.69 Å². The van der Waals surface area contributed by atoms with Gasteiger partial charge in [-0.2, -0.15) is 0 Å². The summed E-state index contributed by atoms with van der Waals surface area (Å²) in [6, 6.07) is 16.3. The zero-order valence-electron chi connectivity index (χ0n) is 10.5. The summed E-state index contributed by atoms with van der Waals surface area (Å²) in [5.74, 6) is 0. The van der Waals surface area contributed by atoms with Crippen LogP contribution in [-0.4, -0.2) is 9.91 Å². The highest BCUT2D eigenvalue weighted by atomic mass is 32.1. The first-order valence-corrected chi connectivity index (χ1v) is 6.83. The van der Waals surface area contributed by atoms with Gasteiger partial charge in [-0.25, -0.2) is 0 Å². The predicted molar refractivity (Wildman–Crippen MR) is 80.6 cm³/mol. The summed E-state index contributed by atoms with van der Waals surface area (Å²) in [5.41, 5.74) is 3.96.